The number of anilines is 2. The van der Waals surface area contributed by atoms with E-state index in [9.17, 15) is 9.59 Å². The van der Waals surface area contributed by atoms with Crippen molar-refractivity contribution in [1.29, 1.82) is 0 Å². The minimum Gasteiger partial charge on any atom is -0.496 e. The second-order valence-corrected chi connectivity index (χ2v) is 8.80. The number of methoxy groups -OCH3 is 1. The maximum atomic E-state index is 12.9. The van der Waals surface area contributed by atoms with Gasteiger partial charge in [-0.2, -0.15) is 0 Å². The maximum Gasteiger partial charge on any atom is 0.259 e. The van der Waals surface area contributed by atoms with Crippen molar-refractivity contribution in [2.24, 2.45) is 0 Å². The third-order valence-corrected chi connectivity index (χ3v) is 6.68. The van der Waals surface area contributed by atoms with Gasteiger partial charge >= 0.3 is 0 Å². The van der Waals surface area contributed by atoms with Gasteiger partial charge in [0.25, 0.3) is 5.91 Å². The average Bonchev–Trinajstić information content (AvgIpc) is 2.92. The van der Waals surface area contributed by atoms with E-state index in [4.69, 9.17) is 4.74 Å². The molecule has 0 saturated heterocycles. The number of hydrogen-bond acceptors (Lipinski definition) is 4. The Morgan fingerprint density at radius 2 is 1.78 bits per heavy atom. The molecule has 0 saturated carbocycles. The van der Waals surface area contributed by atoms with E-state index in [2.05, 4.69) is 11.4 Å². The molecule has 5 nitrogen and oxygen atoms in total. The number of unbranched alkanes of at least 4 members (excludes halogenated alkanes) is 1. The summed E-state index contributed by atoms with van der Waals surface area (Å²) < 4.78 is 5.38. The van der Waals surface area contributed by atoms with Gasteiger partial charge in [-0.15, -0.1) is 0 Å². The van der Waals surface area contributed by atoms with Crippen LogP contribution in [0, 0.1) is 0 Å². The Balaban J connectivity index is 1.36. The number of amides is 2. The van der Waals surface area contributed by atoms with Crippen LogP contribution in [-0.2, 0) is 11.2 Å². The number of nitrogens with zero attached hydrogens (tertiary/aromatic N) is 1. The lowest BCUT2D eigenvalue weighted by atomic mass is 10.1. The van der Waals surface area contributed by atoms with E-state index in [1.807, 2.05) is 60.7 Å². The van der Waals surface area contributed by atoms with Crippen molar-refractivity contribution in [3.8, 4) is 5.75 Å². The van der Waals surface area contributed by atoms with Crippen molar-refractivity contribution < 1.29 is 14.3 Å². The van der Waals surface area contributed by atoms with Gasteiger partial charge in [0.05, 0.1) is 18.4 Å². The molecule has 4 rings (SSSR count). The normalized spacial score (nSPS) is 12.6. The quantitative estimate of drug-likeness (QED) is 0.467. The predicted octanol–water partition coefficient (Wildman–Crippen LogP) is 5.79. The summed E-state index contributed by atoms with van der Waals surface area (Å²) in [6, 6.07) is 21.3. The first-order valence-electron chi connectivity index (χ1n) is 10.7. The molecule has 0 bridgehead atoms. The van der Waals surface area contributed by atoms with Crippen LogP contribution in [0.25, 0.3) is 0 Å². The fraction of sp³-hybridized carbons (Fsp3) is 0.231. The highest BCUT2D eigenvalue weighted by molar-refractivity contribution is 7.99. The van der Waals surface area contributed by atoms with Crippen LogP contribution in [0.5, 0.6) is 5.75 Å². The van der Waals surface area contributed by atoms with Gasteiger partial charge in [0.1, 0.15) is 5.75 Å². The Morgan fingerprint density at radius 3 is 2.62 bits per heavy atom. The van der Waals surface area contributed by atoms with Crippen molar-refractivity contribution in [3.05, 3.63) is 77.9 Å². The minimum absolute atomic E-state index is 0.0245. The Labute approximate surface area is 192 Å². The van der Waals surface area contributed by atoms with Gasteiger partial charge in [0.2, 0.25) is 5.91 Å². The zero-order chi connectivity index (χ0) is 22.5. The number of carbonyl (C=O) groups excluding carboxylic acids is 2. The highest BCUT2D eigenvalue weighted by Crippen LogP contribution is 2.41. The van der Waals surface area contributed by atoms with Crippen molar-refractivity contribution in [3.63, 3.8) is 0 Å². The molecule has 32 heavy (non-hydrogen) atoms. The fourth-order valence-corrected chi connectivity index (χ4v) is 4.90. The van der Waals surface area contributed by atoms with Crippen LogP contribution in [0.2, 0.25) is 0 Å². The Hall–Kier alpha value is -3.25. The molecule has 0 aromatic heterocycles. The Bertz CT molecular complexity index is 1150. The number of ether oxygens (including phenoxy) is 1. The van der Waals surface area contributed by atoms with Crippen molar-refractivity contribution >= 4 is 35.0 Å². The van der Waals surface area contributed by atoms with E-state index in [1.54, 1.807) is 30.8 Å². The van der Waals surface area contributed by atoms with Crippen LogP contribution >= 0.6 is 11.8 Å². The number of para-hydroxylation sites is 1. The van der Waals surface area contributed by atoms with Crippen LogP contribution in [-0.4, -0.2) is 26.0 Å². The summed E-state index contributed by atoms with van der Waals surface area (Å²) in [5.41, 5.74) is 3.35. The summed E-state index contributed by atoms with van der Waals surface area (Å²) in [6.07, 6.45) is 3.02. The number of benzene rings is 3. The lowest BCUT2D eigenvalue weighted by Crippen LogP contribution is -2.26. The van der Waals surface area contributed by atoms with E-state index >= 15 is 0 Å². The molecular formula is C26H26N2O3S. The summed E-state index contributed by atoms with van der Waals surface area (Å²) >= 11 is 1.57. The van der Waals surface area contributed by atoms with Gasteiger partial charge < -0.3 is 15.0 Å². The molecule has 6 heteroatoms. The molecule has 1 N–H and O–H groups in total. The second kappa shape index (κ2) is 9.92. The summed E-state index contributed by atoms with van der Waals surface area (Å²) in [4.78, 5) is 28.9. The second-order valence-electron chi connectivity index (χ2n) is 7.71. The lowest BCUT2D eigenvalue weighted by Gasteiger charge is -2.18. The first kappa shape index (κ1) is 22.0. The van der Waals surface area contributed by atoms with Crippen LogP contribution in [0.3, 0.4) is 0 Å². The lowest BCUT2D eigenvalue weighted by molar-refractivity contribution is -0.116. The van der Waals surface area contributed by atoms with E-state index in [0.717, 1.165) is 46.1 Å². The predicted molar refractivity (Wildman–Crippen MR) is 129 cm³/mol. The van der Waals surface area contributed by atoms with Crippen LogP contribution in [0.15, 0.2) is 76.5 Å². The molecule has 1 aliphatic heterocycles. The molecule has 3 aromatic rings. The zero-order valence-corrected chi connectivity index (χ0v) is 19.1. The molecule has 0 atom stereocenters. The Morgan fingerprint density at radius 1 is 1.00 bits per heavy atom. The summed E-state index contributed by atoms with van der Waals surface area (Å²) in [7, 11) is 3.45. The Kier molecular flexibility index (Phi) is 6.81. The first-order chi connectivity index (χ1) is 15.6. The average molecular weight is 447 g/mol. The highest BCUT2D eigenvalue weighted by Gasteiger charge is 2.24. The van der Waals surface area contributed by atoms with Gasteiger partial charge in [0, 0.05) is 28.9 Å². The van der Waals surface area contributed by atoms with Gasteiger partial charge in [-0.1, -0.05) is 42.1 Å². The molecule has 0 fully saturated rings. The van der Waals surface area contributed by atoms with Crippen molar-refractivity contribution in [2.75, 3.05) is 24.4 Å². The smallest absolute Gasteiger partial charge is 0.259 e. The van der Waals surface area contributed by atoms with E-state index in [0.29, 0.717) is 17.7 Å². The monoisotopic (exact) mass is 446 g/mol. The molecule has 0 radical (unpaired) electrons. The minimum atomic E-state index is -0.0494. The molecule has 1 heterocycles. The van der Waals surface area contributed by atoms with Crippen molar-refractivity contribution in [2.45, 2.75) is 35.5 Å². The largest absolute Gasteiger partial charge is 0.496 e. The van der Waals surface area contributed by atoms with Crippen LogP contribution in [0.1, 0.15) is 35.2 Å². The van der Waals surface area contributed by atoms with Gasteiger partial charge in [-0.05, 0) is 61.2 Å². The number of rotatable bonds is 7. The van der Waals surface area contributed by atoms with Crippen molar-refractivity contribution in [1.82, 2.24) is 0 Å². The van der Waals surface area contributed by atoms with Crippen LogP contribution in [0.4, 0.5) is 11.4 Å². The molecular weight excluding hydrogens is 420 g/mol. The van der Waals surface area contributed by atoms with Crippen LogP contribution < -0.4 is 15.0 Å². The molecule has 0 spiro atoms. The number of carbonyl (C=O) groups is 2. The fourth-order valence-electron chi connectivity index (χ4n) is 3.82. The SMILES string of the molecule is COc1ccccc1CCCCC(=O)Nc1ccc2c(c1)N(C)C(=O)c1ccccc1S2. The van der Waals surface area contributed by atoms with Gasteiger partial charge in [0.15, 0.2) is 0 Å². The number of hydrogen-bond donors (Lipinski definition) is 1. The topological polar surface area (TPSA) is 58.6 Å². The number of nitrogens with one attached hydrogen (secondary N) is 1. The summed E-state index contributed by atoms with van der Waals surface area (Å²) in [6.45, 7) is 0. The zero-order valence-electron chi connectivity index (χ0n) is 18.3. The summed E-state index contributed by atoms with van der Waals surface area (Å²) in [5, 5.41) is 2.98. The molecule has 3 aromatic carbocycles. The molecule has 164 valence electrons. The molecule has 0 unspecified atom stereocenters. The first-order valence-corrected chi connectivity index (χ1v) is 11.5. The third-order valence-electron chi connectivity index (χ3n) is 5.54. The molecule has 1 aliphatic rings. The van der Waals surface area contributed by atoms with E-state index in [1.165, 1.54) is 0 Å². The third kappa shape index (κ3) is 4.81. The number of aryl methyl sites for hydroxylation is 1. The summed E-state index contributed by atoms with van der Waals surface area (Å²) in [5.74, 6) is 0.816. The standard InChI is InChI=1S/C26H26N2O3S/c1-28-21-17-19(15-16-24(21)32-23-13-7-5-11-20(23)26(28)30)27-25(29)14-8-4-10-18-9-3-6-12-22(18)31-2/h3,5-7,9,11-13,15-17H,4,8,10,14H2,1-2H3,(H,27,29). The maximum absolute atomic E-state index is 12.9. The molecule has 2 amide bonds. The highest BCUT2D eigenvalue weighted by atomic mass is 32.2. The molecule has 0 aliphatic carbocycles. The van der Waals surface area contributed by atoms with E-state index < -0.39 is 0 Å². The van der Waals surface area contributed by atoms with E-state index in [-0.39, 0.29) is 11.8 Å². The van der Waals surface area contributed by atoms with Gasteiger partial charge in [-0.25, -0.2) is 0 Å². The number of fused-ring (bicyclic) bond motifs is 2. The van der Waals surface area contributed by atoms with Gasteiger partial charge in [-0.3, -0.25) is 9.59 Å².